The number of hydrogen-bond donors (Lipinski definition) is 3. The van der Waals surface area contributed by atoms with Crippen molar-refractivity contribution in [3.8, 4) is 0 Å². The number of carbonyl (C=O) groups is 1. The van der Waals surface area contributed by atoms with Crippen LogP contribution in [0.2, 0.25) is 0 Å². The first kappa shape index (κ1) is 13.4. The van der Waals surface area contributed by atoms with E-state index in [0.717, 1.165) is 0 Å². The standard InChI is InChI=1S/C11H18N4O2/c1-8(2)6-9(16)7-12-11(17)14-10-4-3-5-13-15-10/h3-5,8-9,16H,6-7H2,1-2H3,(H2,12,14,15,17). The molecule has 0 saturated heterocycles. The van der Waals surface area contributed by atoms with Gasteiger partial charge in [0.25, 0.3) is 0 Å². The van der Waals surface area contributed by atoms with Gasteiger partial charge in [-0.2, -0.15) is 5.10 Å². The maximum Gasteiger partial charge on any atom is 0.320 e. The van der Waals surface area contributed by atoms with Gasteiger partial charge in [0.15, 0.2) is 5.82 Å². The van der Waals surface area contributed by atoms with E-state index in [2.05, 4.69) is 20.8 Å². The van der Waals surface area contributed by atoms with Crippen LogP contribution in [0, 0.1) is 5.92 Å². The topological polar surface area (TPSA) is 87.1 Å². The van der Waals surface area contributed by atoms with Gasteiger partial charge < -0.3 is 10.4 Å². The van der Waals surface area contributed by atoms with Crippen LogP contribution in [0.4, 0.5) is 10.6 Å². The zero-order chi connectivity index (χ0) is 12.7. The van der Waals surface area contributed by atoms with Crippen molar-refractivity contribution in [2.75, 3.05) is 11.9 Å². The Bertz CT molecular complexity index is 343. The Labute approximate surface area is 100 Å². The summed E-state index contributed by atoms with van der Waals surface area (Å²) in [5.74, 6) is 0.776. The number of hydrogen-bond acceptors (Lipinski definition) is 4. The largest absolute Gasteiger partial charge is 0.391 e. The molecule has 0 saturated carbocycles. The van der Waals surface area contributed by atoms with Crippen molar-refractivity contribution >= 4 is 11.8 Å². The highest BCUT2D eigenvalue weighted by molar-refractivity contribution is 5.87. The molecule has 1 aromatic heterocycles. The highest BCUT2D eigenvalue weighted by Crippen LogP contribution is 2.03. The summed E-state index contributed by atoms with van der Waals surface area (Å²) in [5, 5.41) is 22.0. The number of nitrogens with zero attached hydrogens (tertiary/aromatic N) is 2. The Balaban J connectivity index is 2.26. The van der Waals surface area contributed by atoms with E-state index < -0.39 is 12.1 Å². The predicted molar refractivity (Wildman–Crippen MR) is 64.5 cm³/mol. The van der Waals surface area contributed by atoms with Gasteiger partial charge in [-0.15, -0.1) is 5.10 Å². The minimum atomic E-state index is -0.525. The van der Waals surface area contributed by atoms with Crippen LogP contribution in [0.15, 0.2) is 18.3 Å². The fourth-order valence-corrected chi connectivity index (χ4v) is 1.37. The average molecular weight is 238 g/mol. The van der Waals surface area contributed by atoms with E-state index in [0.29, 0.717) is 18.2 Å². The summed E-state index contributed by atoms with van der Waals surface area (Å²) in [6.45, 7) is 4.26. The van der Waals surface area contributed by atoms with Crippen LogP contribution in [0.25, 0.3) is 0 Å². The molecule has 1 rings (SSSR count). The van der Waals surface area contributed by atoms with Crippen molar-refractivity contribution in [2.45, 2.75) is 26.4 Å². The number of urea groups is 1. The molecule has 0 aliphatic carbocycles. The Hall–Kier alpha value is -1.69. The van der Waals surface area contributed by atoms with Gasteiger partial charge in [0.05, 0.1) is 6.10 Å². The van der Waals surface area contributed by atoms with E-state index in [9.17, 15) is 9.90 Å². The molecule has 0 radical (unpaired) electrons. The lowest BCUT2D eigenvalue weighted by Gasteiger charge is -2.13. The van der Waals surface area contributed by atoms with Gasteiger partial charge >= 0.3 is 6.03 Å². The maximum atomic E-state index is 11.4. The fraction of sp³-hybridized carbons (Fsp3) is 0.545. The van der Waals surface area contributed by atoms with E-state index in [1.807, 2.05) is 13.8 Å². The van der Waals surface area contributed by atoms with Crippen molar-refractivity contribution in [3.05, 3.63) is 18.3 Å². The highest BCUT2D eigenvalue weighted by Gasteiger charge is 2.09. The first-order valence-corrected chi connectivity index (χ1v) is 5.58. The number of aromatic nitrogens is 2. The number of carbonyl (C=O) groups excluding carboxylic acids is 1. The molecule has 6 nitrogen and oxygen atoms in total. The SMILES string of the molecule is CC(C)CC(O)CNC(=O)Nc1cccnn1. The van der Waals surface area contributed by atoms with Crippen molar-refractivity contribution in [2.24, 2.45) is 5.92 Å². The molecule has 6 heteroatoms. The van der Waals surface area contributed by atoms with Crippen LogP contribution >= 0.6 is 0 Å². The summed E-state index contributed by atoms with van der Waals surface area (Å²) >= 11 is 0. The molecule has 0 spiro atoms. The number of aliphatic hydroxyl groups is 1. The summed E-state index contributed by atoms with van der Waals surface area (Å²) in [7, 11) is 0. The maximum absolute atomic E-state index is 11.4. The van der Waals surface area contributed by atoms with E-state index in [1.54, 1.807) is 12.1 Å². The second kappa shape index (κ2) is 6.80. The highest BCUT2D eigenvalue weighted by atomic mass is 16.3. The third-order valence-electron chi connectivity index (χ3n) is 2.06. The summed E-state index contributed by atoms with van der Waals surface area (Å²) in [6.07, 6.45) is 1.66. The Morgan fingerprint density at radius 3 is 2.88 bits per heavy atom. The molecular formula is C11H18N4O2. The predicted octanol–water partition coefficient (Wildman–Crippen LogP) is 1.01. The Kier molecular flexibility index (Phi) is 5.35. The minimum Gasteiger partial charge on any atom is -0.391 e. The van der Waals surface area contributed by atoms with Crippen LogP contribution in [0.3, 0.4) is 0 Å². The molecule has 0 fully saturated rings. The van der Waals surface area contributed by atoms with E-state index >= 15 is 0 Å². The van der Waals surface area contributed by atoms with E-state index in [-0.39, 0.29) is 6.54 Å². The van der Waals surface area contributed by atoms with Crippen LogP contribution in [0.5, 0.6) is 0 Å². The van der Waals surface area contributed by atoms with Gasteiger partial charge in [0.1, 0.15) is 0 Å². The van der Waals surface area contributed by atoms with Crippen molar-refractivity contribution in [1.82, 2.24) is 15.5 Å². The lowest BCUT2D eigenvalue weighted by molar-refractivity contribution is 0.148. The smallest absolute Gasteiger partial charge is 0.320 e. The number of amides is 2. The molecule has 1 heterocycles. The van der Waals surface area contributed by atoms with Gasteiger partial charge in [-0.3, -0.25) is 5.32 Å². The third kappa shape index (κ3) is 5.82. The normalized spacial score (nSPS) is 12.2. The monoisotopic (exact) mass is 238 g/mol. The lowest BCUT2D eigenvalue weighted by Crippen LogP contribution is -2.36. The van der Waals surface area contributed by atoms with Crippen molar-refractivity contribution in [3.63, 3.8) is 0 Å². The fourth-order valence-electron chi connectivity index (χ4n) is 1.37. The van der Waals surface area contributed by atoms with Gasteiger partial charge in [0.2, 0.25) is 0 Å². The second-order valence-electron chi connectivity index (χ2n) is 4.23. The molecule has 2 amide bonds. The van der Waals surface area contributed by atoms with E-state index in [1.165, 1.54) is 6.20 Å². The van der Waals surface area contributed by atoms with Gasteiger partial charge in [-0.05, 0) is 24.5 Å². The molecule has 0 bridgehead atoms. The van der Waals surface area contributed by atoms with Crippen LogP contribution in [-0.4, -0.2) is 34.0 Å². The minimum absolute atomic E-state index is 0.226. The zero-order valence-corrected chi connectivity index (χ0v) is 10.1. The molecule has 1 unspecified atom stereocenters. The van der Waals surface area contributed by atoms with Crippen molar-refractivity contribution in [1.29, 1.82) is 0 Å². The third-order valence-corrected chi connectivity index (χ3v) is 2.06. The molecule has 0 aromatic carbocycles. The summed E-state index contributed by atoms with van der Waals surface area (Å²) in [5.41, 5.74) is 0. The number of aliphatic hydroxyl groups excluding tert-OH is 1. The number of nitrogens with one attached hydrogen (secondary N) is 2. The quantitative estimate of drug-likeness (QED) is 0.714. The number of anilines is 1. The molecule has 0 aliphatic rings. The molecule has 17 heavy (non-hydrogen) atoms. The Morgan fingerprint density at radius 1 is 1.53 bits per heavy atom. The first-order valence-electron chi connectivity index (χ1n) is 5.58. The van der Waals surface area contributed by atoms with Crippen LogP contribution < -0.4 is 10.6 Å². The lowest BCUT2D eigenvalue weighted by atomic mass is 10.1. The molecule has 0 aliphatic heterocycles. The number of rotatable bonds is 5. The second-order valence-corrected chi connectivity index (χ2v) is 4.23. The van der Waals surface area contributed by atoms with E-state index in [4.69, 9.17) is 0 Å². The van der Waals surface area contributed by atoms with Crippen LogP contribution in [0.1, 0.15) is 20.3 Å². The molecule has 1 atom stereocenters. The average Bonchev–Trinajstić information content (AvgIpc) is 2.27. The molecule has 94 valence electrons. The molecule has 3 N–H and O–H groups in total. The van der Waals surface area contributed by atoms with Crippen molar-refractivity contribution < 1.29 is 9.90 Å². The first-order chi connectivity index (χ1) is 8.08. The summed E-state index contributed by atoms with van der Waals surface area (Å²) in [6, 6.07) is 2.92. The van der Waals surface area contributed by atoms with Gasteiger partial charge in [0, 0.05) is 12.7 Å². The van der Waals surface area contributed by atoms with Gasteiger partial charge in [-0.25, -0.2) is 4.79 Å². The summed E-state index contributed by atoms with van der Waals surface area (Å²) < 4.78 is 0. The molecule has 1 aromatic rings. The van der Waals surface area contributed by atoms with Crippen LogP contribution in [-0.2, 0) is 0 Å². The Morgan fingerprint density at radius 2 is 2.29 bits per heavy atom. The van der Waals surface area contributed by atoms with Gasteiger partial charge in [-0.1, -0.05) is 13.8 Å². The summed E-state index contributed by atoms with van der Waals surface area (Å²) in [4.78, 5) is 11.4. The zero-order valence-electron chi connectivity index (χ0n) is 10.1. The molecular weight excluding hydrogens is 220 g/mol.